The van der Waals surface area contributed by atoms with Crippen LogP contribution in [0.3, 0.4) is 0 Å². The zero-order valence-corrected chi connectivity index (χ0v) is 13.1. The average molecular weight is 290 g/mol. The molecule has 0 amide bonds. The molecule has 1 aromatic heterocycles. The first kappa shape index (κ1) is 14.6. The SMILES string of the molecule is CC(C)CN(CC1CCCN1)c1cc(=O)[nH]c(C2CC2)n1. The molecule has 5 heteroatoms. The Bertz CT molecular complexity index is 529. The molecule has 0 spiro atoms. The van der Waals surface area contributed by atoms with Crippen LogP contribution < -0.4 is 15.8 Å². The van der Waals surface area contributed by atoms with Crippen molar-refractivity contribution in [2.24, 2.45) is 5.92 Å². The van der Waals surface area contributed by atoms with Gasteiger partial charge in [-0.2, -0.15) is 0 Å². The van der Waals surface area contributed by atoms with Gasteiger partial charge in [0.25, 0.3) is 5.56 Å². The molecule has 1 aliphatic carbocycles. The predicted octanol–water partition coefficient (Wildman–Crippen LogP) is 1.86. The minimum atomic E-state index is -0.0185. The molecule has 1 unspecified atom stereocenters. The van der Waals surface area contributed by atoms with Crippen LogP contribution >= 0.6 is 0 Å². The molecule has 2 heterocycles. The van der Waals surface area contributed by atoms with Crippen molar-refractivity contribution in [3.8, 4) is 0 Å². The molecule has 2 aliphatic rings. The Morgan fingerprint density at radius 3 is 2.81 bits per heavy atom. The second-order valence-electron chi connectivity index (χ2n) is 6.86. The maximum Gasteiger partial charge on any atom is 0.252 e. The third kappa shape index (κ3) is 3.84. The molecule has 3 rings (SSSR count). The van der Waals surface area contributed by atoms with Crippen LogP contribution in [-0.4, -0.2) is 35.6 Å². The Hall–Kier alpha value is -1.36. The van der Waals surface area contributed by atoms with Crippen LogP contribution in [0.5, 0.6) is 0 Å². The van der Waals surface area contributed by atoms with E-state index in [1.807, 2.05) is 0 Å². The van der Waals surface area contributed by atoms with Crippen LogP contribution in [0.15, 0.2) is 10.9 Å². The molecule has 0 bridgehead atoms. The van der Waals surface area contributed by atoms with E-state index in [4.69, 9.17) is 4.98 Å². The first-order valence-corrected chi connectivity index (χ1v) is 8.21. The summed E-state index contributed by atoms with van der Waals surface area (Å²) in [6.45, 7) is 7.42. The third-order valence-electron chi connectivity index (χ3n) is 4.22. The largest absolute Gasteiger partial charge is 0.355 e. The van der Waals surface area contributed by atoms with E-state index in [-0.39, 0.29) is 5.56 Å². The van der Waals surface area contributed by atoms with Gasteiger partial charge in [0.1, 0.15) is 11.6 Å². The van der Waals surface area contributed by atoms with Gasteiger partial charge in [-0.25, -0.2) is 4.98 Å². The first-order chi connectivity index (χ1) is 10.1. The Morgan fingerprint density at radius 1 is 1.38 bits per heavy atom. The number of H-pyrrole nitrogens is 1. The van der Waals surface area contributed by atoms with Gasteiger partial charge in [-0.1, -0.05) is 13.8 Å². The van der Waals surface area contributed by atoms with E-state index in [1.165, 1.54) is 12.8 Å². The van der Waals surface area contributed by atoms with Gasteiger partial charge in [0, 0.05) is 31.1 Å². The topological polar surface area (TPSA) is 61.0 Å². The molecule has 21 heavy (non-hydrogen) atoms. The molecule has 1 saturated heterocycles. The molecule has 2 fully saturated rings. The predicted molar refractivity (Wildman–Crippen MR) is 84.9 cm³/mol. The second kappa shape index (κ2) is 6.18. The van der Waals surface area contributed by atoms with E-state index in [9.17, 15) is 4.79 Å². The summed E-state index contributed by atoms with van der Waals surface area (Å²) in [5.74, 6) is 2.76. The number of hydrogen-bond acceptors (Lipinski definition) is 4. The Morgan fingerprint density at radius 2 is 2.19 bits per heavy atom. The monoisotopic (exact) mass is 290 g/mol. The van der Waals surface area contributed by atoms with Crippen LogP contribution in [-0.2, 0) is 0 Å². The highest BCUT2D eigenvalue weighted by Crippen LogP contribution is 2.37. The van der Waals surface area contributed by atoms with Crippen molar-refractivity contribution in [2.75, 3.05) is 24.5 Å². The maximum atomic E-state index is 11.9. The quantitative estimate of drug-likeness (QED) is 0.839. The van der Waals surface area contributed by atoms with Crippen LogP contribution in [0.2, 0.25) is 0 Å². The van der Waals surface area contributed by atoms with E-state index >= 15 is 0 Å². The van der Waals surface area contributed by atoms with Crippen molar-refractivity contribution in [1.29, 1.82) is 0 Å². The van der Waals surface area contributed by atoms with Crippen LogP contribution in [0.25, 0.3) is 0 Å². The summed E-state index contributed by atoms with van der Waals surface area (Å²) in [4.78, 5) is 21.9. The van der Waals surface area contributed by atoms with E-state index in [0.29, 0.717) is 17.9 Å². The Balaban J connectivity index is 1.81. The summed E-state index contributed by atoms with van der Waals surface area (Å²) < 4.78 is 0. The number of hydrogen-bond donors (Lipinski definition) is 2. The second-order valence-corrected chi connectivity index (χ2v) is 6.86. The van der Waals surface area contributed by atoms with Crippen molar-refractivity contribution in [1.82, 2.24) is 15.3 Å². The van der Waals surface area contributed by atoms with E-state index < -0.39 is 0 Å². The molecule has 2 N–H and O–H groups in total. The lowest BCUT2D eigenvalue weighted by molar-refractivity contribution is 0.536. The smallest absolute Gasteiger partial charge is 0.252 e. The number of nitrogens with zero attached hydrogens (tertiary/aromatic N) is 2. The molecule has 5 nitrogen and oxygen atoms in total. The lowest BCUT2D eigenvalue weighted by Gasteiger charge is -2.28. The van der Waals surface area contributed by atoms with Crippen LogP contribution in [0, 0.1) is 5.92 Å². The summed E-state index contributed by atoms with van der Waals surface area (Å²) in [5, 5.41) is 3.54. The minimum absolute atomic E-state index is 0.0185. The lowest BCUT2D eigenvalue weighted by atomic mass is 10.1. The van der Waals surface area contributed by atoms with Crippen molar-refractivity contribution < 1.29 is 0 Å². The lowest BCUT2D eigenvalue weighted by Crippen LogP contribution is -2.40. The molecule has 1 saturated carbocycles. The maximum absolute atomic E-state index is 11.9. The molecule has 0 aromatic carbocycles. The minimum Gasteiger partial charge on any atom is -0.355 e. The number of anilines is 1. The first-order valence-electron chi connectivity index (χ1n) is 8.21. The summed E-state index contributed by atoms with van der Waals surface area (Å²) in [5.41, 5.74) is -0.0185. The third-order valence-corrected chi connectivity index (χ3v) is 4.22. The fraction of sp³-hybridized carbons (Fsp3) is 0.750. The summed E-state index contributed by atoms with van der Waals surface area (Å²) >= 11 is 0. The molecular weight excluding hydrogens is 264 g/mol. The number of aromatic nitrogens is 2. The molecule has 1 aromatic rings. The van der Waals surface area contributed by atoms with Crippen LogP contribution in [0.4, 0.5) is 5.82 Å². The van der Waals surface area contributed by atoms with Gasteiger partial charge in [-0.05, 0) is 38.1 Å². The van der Waals surface area contributed by atoms with Gasteiger partial charge in [0.2, 0.25) is 0 Å². The zero-order chi connectivity index (χ0) is 14.8. The Kier molecular flexibility index (Phi) is 4.29. The van der Waals surface area contributed by atoms with Gasteiger partial charge >= 0.3 is 0 Å². The average Bonchev–Trinajstić information content (AvgIpc) is 3.16. The highest BCUT2D eigenvalue weighted by molar-refractivity contribution is 5.38. The highest BCUT2D eigenvalue weighted by atomic mass is 16.1. The van der Waals surface area contributed by atoms with Crippen LogP contribution in [0.1, 0.15) is 51.3 Å². The summed E-state index contributed by atoms with van der Waals surface area (Å²) in [6, 6.07) is 2.18. The van der Waals surface area contributed by atoms with Crippen molar-refractivity contribution in [3.05, 3.63) is 22.2 Å². The van der Waals surface area contributed by atoms with Gasteiger partial charge in [0.05, 0.1) is 0 Å². The highest BCUT2D eigenvalue weighted by Gasteiger charge is 2.27. The normalized spacial score (nSPS) is 22.0. The van der Waals surface area contributed by atoms with Crippen molar-refractivity contribution >= 4 is 5.82 Å². The molecule has 1 atom stereocenters. The standard InChI is InChI=1S/C16H26N4O/c1-11(2)9-20(10-13-4-3-7-17-13)14-8-15(21)19-16(18-14)12-5-6-12/h8,11-13,17H,3-7,9-10H2,1-2H3,(H,18,19,21). The molecule has 116 valence electrons. The van der Waals surface area contributed by atoms with E-state index in [0.717, 1.165) is 44.1 Å². The van der Waals surface area contributed by atoms with E-state index in [2.05, 4.69) is 29.0 Å². The molecule has 0 radical (unpaired) electrons. The van der Waals surface area contributed by atoms with Gasteiger partial charge in [-0.3, -0.25) is 4.79 Å². The fourth-order valence-corrected chi connectivity index (χ4v) is 3.06. The van der Waals surface area contributed by atoms with Gasteiger partial charge in [-0.15, -0.1) is 0 Å². The number of aromatic amines is 1. The Labute approximate surface area is 126 Å². The zero-order valence-electron chi connectivity index (χ0n) is 13.1. The van der Waals surface area contributed by atoms with E-state index in [1.54, 1.807) is 6.07 Å². The summed E-state index contributed by atoms with van der Waals surface area (Å²) in [6.07, 6.45) is 4.77. The molecule has 1 aliphatic heterocycles. The summed E-state index contributed by atoms with van der Waals surface area (Å²) in [7, 11) is 0. The van der Waals surface area contributed by atoms with Gasteiger partial charge in [0.15, 0.2) is 0 Å². The fourth-order valence-electron chi connectivity index (χ4n) is 3.06. The molecular formula is C16H26N4O. The van der Waals surface area contributed by atoms with Crippen molar-refractivity contribution in [2.45, 2.75) is 51.5 Å². The van der Waals surface area contributed by atoms with Crippen molar-refractivity contribution in [3.63, 3.8) is 0 Å². The number of nitrogens with one attached hydrogen (secondary N) is 2. The number of rotatable bonds is 6. The van der Waals surface area contributed by atoms with Gasteiger partial charge < -0.3 is 15.2 Å².